The summed E-state index contributed by atoms with van der Waals surface area (Å²) in [5.41, 5.74) is -0.0471. The van der Waals surface area contributed by atoms with Gasteiger partial charge in [0, 0.05) is 38.3 Å². The first-order valence-electron chi connectivity index (χ1n) is 9.88. The van der Waals surface area contributed by atoms with Crippen molar-refractivity contribution in [2.45, 2.75) is 50.3 Å². The van der Waals surface area contributed by atoms with Crippen LogP contribution in [0, 0.1) is 5.92 Å². The Morgan fingerprint density at radius 1 is 1.31 bits per heavy atom. The lowest BCUT2D eigenvalue weighted by atomic mass is 9.86. The molecule has 4 rings (SSSR count). The molecule has 1 spiro atoms. The number of nitrogens with zero attached hydrogens (tertiary/aromatic N) is 2. The summed E-state index contributed by atoms with van der Waals surface area (Å²) in [4.78, 5) is 17.1. The number of furan rings is 1. The molecule has 0 bridgehead atoms. The Labute approximate surface area is 155 Å². The molecule has 3 fully saturated rings. The molecule has 6 heteroatoms. The molecule has 0 aromatic carbocycles. The molecule has 3 aliphatic heterocycles. The van der Waals surface area contributed by atoms with Crippen molar-refractivity contribution in [3.8, 4) is 0 Å². The molecule has 1 aromatic heterocycles. The third-order valence-electron chi connectivity index (χ3n) is 6.36. The van der Waals surface area contributed by atoms with Crippen LogP contribution < -0.4 is 0 Å². The molecule has 4 heterocycles. The molecule has 1 amide bonds. The number of hydrogen-bond acceptors (Lipinski definition) is 5. The predicted octanol–water partition coefficient (Wildman–Crippen LogP) is 2.29. The van der Waals surface area contributed by atoms with Gasteiger partial charge in [-0.2, -0.15) is 0 Å². The fourth-order valence-electron chi connectivity index (χ4n) is 4.57. The van der Waals surface area contributed by atoms with Gasteiger partial charge in [-0.05, 0) is 51.3 Å². The summed E-state index contributed by atoms with van der Waals surface area (Å²) >= 11 is 0. The van der Waals surface area contributed by atoms with Crippen LogP contribution in [0.2, 0.25) is 0 Å². The van der Waals surface area contributed by atoms with E-state index in [1.165, 1.54) is 0 Å². The van der Waals surface area contributed by atoms with Crippen molar-refractivity contribution in [1.29, 1.82) is 0 Å². The molecule has 144 valence electrons. The maximum atomic E-state index is 12.7. The van der Waals surface area contributed by atoms with Crippen LogP contribution in [0.25, 0.3) is 0 Å². The van der Waals surface area contributed by atoms with Gasteiger partial charge in [0.05, 0.1) is 25.0 Å². The lowest BCUT2D eigenvalue weighted by molar-refractivity contribution is -0.143. The fraction of sp³-hybridized carbons (Fsp3) is 0.750. The number of ether oxygens (including phenoxy) is 2. The van der Waals surface area contributed by atoms with Crippen LogP contribution in [0.5, 0.6) is 0 Å². The van der Waals surface area contributed by atoms with Gasteiger partial charge in [0.1, 0.15) is 5.76 Å². The Morgan fingerprint density at radius 3 is 2.77 bits per heavy atom. The molecule has 0 radical (unpaired) electrons. The van der Waals surface area contributed by atoms with Crippen molar-refractivity contribution in [2.75, 3.05) is 40.0 Å². The lowest BCUT2D eigenvalue weighted by Gasteiger charge is -2.40. The van der Waals surface area contributed by atoms with Gasteiger partial charge in [-0.3, -0.25) is 9.69 Å². The standard InChI is InChI=1S/C20H30N2O4/c1-21(14-18-3-2-10-25-18)17-13-20(26-15-17)6-8-22(9-7-20)19(23)16-4-11-24-12-5-16/h2-3,10,16-17H,4-9,11-15H2,1H3. The number of likely N-dealkylation sites (N-methyl/N-ethyl adjacent to an activating group) is 1. The van der Waals surface area contributed by atoms with Crippen molar-refractivity contribution in [1.82, 2.24) is 9.80 Å². The third kappa shape index (κ3) is 3.82. The molecule has 0 saturated carbocycles. The van der Waals surface area contributed by atoms with E-state index in [4.69, 9.17) is 13.9 Å². The molecule has 26 heavy (non-hydrogen) atoms. The highest BCUT2D eigenvalue weighted by atomic mass is 16.5. The molecule has 1 unspecified atom stereocenters. The number of likely N-dealkylation sites (tertiary alicyclic amines) is 1. The highest BCUT2D eigenvalue weighted by Crippen LogP contribution is 2.38. The Balaban J connectivity index is 1.28. The first kappa shape index (κ1) is 18.0. The number of piperidine rings is 1. The zero-order valence-electron chi connectivity index (χ0n) is 15.7. The van der Waals surface area contributed by atoms with Crippen molar-refractivity contribution in [3.63, 3.8) is 0 Å². The van der Waals surface area contributed by atoms with Gasteiger partial charge >= 0.3 is 0 Å². The van der Waals surface area contributed by atoms with Gasteiger partial charge in [-0.15, -0.1) is 0 Å². The summed E-state index contributed by atoms with van der Waals surface area (Å²) in [6.45, 7) is 4.67. The molecule has 0 aliphatic carbocycles. The van der Waals surface area contributed by atoms with E-state index in [0.29, 0.717) is 11.9 Å². The fourth-order valence-corrected chi connectivity index (χ4v) is 4.57. The third-order valence-corrected chi connectivity index (χ3v) is 6.36. The van der Waals surface area contributed by atoms with E-state index in [9.17, 15) is 4.79 Å². The zero-order valence-corrected chi connectivity index (χ0v) is 15.7. The van der Waals surface area contributed by atoms with Gasteiger partial charge in [-0.25, -0.2) is 0 Å². The van der Waals surface area contributed by atoms with Crippen LogP contribution in [-0.2, 0) is 20.8 Å². The normalized spacial score (nSPS) is 26.7. The minimum absolute atomic E-state index is 0.0471. The summed E-state index contributed by atoms with van der Waals surface area (Å²) in [5.74, 6) is 1.48. The largest absolute Gasteiger partial charge is 0.468 e. The van der Waals surface area contributed by atoms with Crippen molar-refractivity contribution in [2.24, 2.45) is 5.92 Å². The zero-order chi connectivity index (χ0) is 18.0. The summed E-state index contributed by atoms with van der Waals surface area (Å²) < 4.78 is 17.1. The summed E-state index contributed by atoms with van der Waals surface area (Å²) in [6, 6.07) is 4.36. The van der Waals surface area contributed by atoms with E-state index in [0.717, 1.165) is 77.3 Å². The van der Waals surface area contributed by atoms with E-state index >= 15 is 0 Å². The predicted molar refractivity (Wildman–Crippen MR) is 96.6 cm³/mol. The smallest absolute Gasteiger partial charge is 0.225 e. The Kier molecular flexibility index (Phi) is 5.34. The van der Waals surface area contributed by atoms with Crippen LogP contribution in [0.1, 0.15) is 37.9 Å². The maximum Gasteiger partial charge on any atom is 0.225 e. The highest BCUT2D eigenvalue weighted by molar-refractivity contribution is 5.79. The van der Waals surface area contributed by atoms with Crippen LogP contribution in [0.15, 0.2) is 22.8 Å². The second-order valence-electron chi connectivity index (χ2n) is 8.06. The monoisotopic (exact) mass is 362 g/mol. The molecule has 3 aliphatic rings. The van der Waals surface area contributed by atoms with Gasteiger partial charge in [-0.1, -0.05) is 0 Å². The average Bonchev–Trinajstić information content (AvgIpc) is 3.33. The number of rotatable bonds is 4. The van der Waals surface area contributed by atoms with E-state index in [-0.39, 0.29) is 11.5 Å². The van der Waals surface area contributed by atoms with Crippen LogP contribution in [-0.4, -0.2) is 67.3 Å². The first-order chi connectivity index (χ1) is 12.7. The minimum Gasteiger partial charge on any atom is -0.468 e. The number of carbonyl (C=O) groups excluding carboxylic acids is 1. The van der Waals surface area contributed by atoms with E-state index < -0.39 is 0 Å². The molecule has 3 saturated heterocycles. The van der Waals surface area contributed by atoms with Gasteiger partial charge in [0.15, 0.2) is 0 Å². The van der Waals surface area contributed by atoms with E-state index in [1.54, 1.807) is 6.26 Å². The average molecular weight is 362 g/mol. The van der Waals surface area contributed by atoms with Gasteiger partial charge < -0.3 is 18.8 Å². The molecular weight excluding hydrogens is 332 g/mol. The quantitative estimate of drug-likeness (QED) is 0.823. The second kappa shape index (κ2) is 7.71. The van der Waals surface area contributed by atoms with Crippen molar-refractivity contribution in [3.05, 3.63) is 24.2 Å². The number of amides is 1. The minimum atomic E-state index is -0.0471. The van der Waals surface area contributed by atoms with Crippen molar-refractivity contribution < 1.29 is 18.7 Å². The van der Waals surface area contributed by atoms with Crippen LogP contribution in [0.4, 0.5) is 0 Å². The lowest BCUT2D eigenvalue weighted by Crippen LogP contribution is -2.49. The topological polar surface area (TPSA) is 55.2 Å². The molecule has 1 atom stereocenters. The number of carbonyl (C=O) groups is 1. The summed E-state index contributed by atoms with van der Waals surface area (Å²) in [7, 11) is 2.14. The summed E-state index contributed by atoms with van der Waals surface area (Å²) in [6.07, 6.45) is 6.41. The van der Waals surface area contributed by atoms with Crippen LogP contribution >= 0.6 is 0 Å². The van der Waals surface area contributed by atoms with Crippen LogP contribution in [0.3, 0.4) is 0 Å². The van der Waals surface area contributed by atoms with Gasteiger partial charge in [0.2, 0.25) is 5.91 Å². The maximum absolute atomic E-state index is 12.7. The first-order valence-corrected chi connectivity index (χ1v) is 9.88. The van der Waals surface area contributed by atoms with E-state index in [1.807, 2.05) is 12.1 Å². The van der Waals surface area contributed by atoms with Crippen molar-refractivity contribution >= 4 is 5.91 Å². The van der Waals surface area contributed by atoms with E-state index in [2.05, 4.69) is 16.8 Å². The Morgan fingerprint density at radius 2 is 2.08 bits per heavy atom. The molecule has 1 aromatic rings. The Hall–Kier alpha value is -1.37. The summed E-state index contributed by atoms with van der Waals surface area (Å²) in [5, 5.41) is 0. The molecule has 0 N–H and O–H groups in total. The van der Waals surface area contributed by atoms with Gasteiger partial charge in [0.25, 0.3) is 0 Å². The number of hydrogen-bond donors (Lipinski definition) is 0. The Bertz CT molecular complexity index is 589. The SMILES string of the molecule is CN(Cc1ccco1)C1COC2(CCN(C(=O)C3CCOCC3)CC2)C1. The molecular formula is C20H30N2O4. The second-order valence-corrected chi connectivity index (χ2v) is 8.06. The highest BCUT2D eigenvalue weighted by Gasteiger charge is 2.45. The molecule has 6 nitrogen and oxygen atoms in total.